The second-order valence-electron chi connectivity index (χ2n) is 5.83. The second kappa shape index (κ2) is 10.3. The van der Waals surface area contributed by atoms with Gasteiger partial charge in [-0.05, 0) is 16.7 Å². The summed E-state index contributed by atoms with van der Waals surface area (Å²) in [5.41, 5.74) is 8.53. The number of nitrogens with one attached hydrogen (secondary N) is 1. The molecule has 0 unspecified atom stereocenters. The number of ether oxygens (including phenoxy) is 2. The van der Waals surface area contributed by atoms with Crippen LogP contribution in [0.15, 0.2) is 54.6 Å². The van der Waals surface area contributed by atoms with E-state index < -0.39 is 11.9 Å². The zero-order valence-electron chi connectivity index (χ0n) is 14.8. The predicted molar refractivity (Wildman–Crippen MR) is 99.4 cm³/mol. The summed E-state index contributed by atoms with van der Waals surface area (Å²) < 4.78 is 9.97. The molecule has 1 atom stereocenters. The Bertz CT molecular complexity index is 702. The Hall–Kier alpha value is -2.70. The lowest BCUT2D eigenvalue weighted by molar-refractivity contribution is -0.130. The number of amides is 2. The first-order valence-corrected chi connectivity index (χ1v) is 8.40. The average molecular weight is 356 g/mol. The Morgan fingerprint density at radius 3 is 2.27 bits per heavy atom. The number of carbonyl (C=O) groups excluding carboxylic acids is 2. The first-order valence-electron chi connectivity index (χ1n) is 8.40. The van der Waals surface area contributed by atoms with Crippen molar-refractivity contribution in [3.63, 3.8) is 0 Å². The van der Waals surface area contributed by atoms with Crippen molar-refractivity contribution in [2.24, 2.45) is 5.73 Å². The van der Waals surface area contributed by atoms with Crippen LogP contribution in [0.3, 0.4) is 0 Å². The number of carbonyl (C=O) groups is 2. The molecule has 0 aromatic heterocycles. The molecule has 0 saturated heterocycles. The van der Waals surface area contributed by atoms with Gasteiger partial charge in [-0.3, -0.25) is 9.59 Å². The number of hydrogen-bond acceptors (Lipinski definition) is 4. The van der Waals surface area contributed by atoms with Gasteiger partial charge in [-0.1, -0.05) is 54.6 Å². The summed E-state index contributed by atoms with van der Waals surface area (Å²) in [6, 6.07) is 17.0. The first-order chi connectivity index (χ1) is 12.6. The van der Waals surface area contributed by atoms with Crippen molar-refractivity contribution in [2.75, 3.05) is 26.9 Å². The van der Waals surface area contributed by atoms with Crippen molar-refractivity contribution in [1.29, 1.82) is 0 Å². The molecular weight excluding hydrogens is 332 g/mol. The highest BCUT2D eigenvalue weighted by Crippen LogP contribution is 2.19. The summed E-state index contributed by atoms with van der Waals surface area (Å²) in [5, 5.41) is 2.61. The smallest absolute Gasteiger partial charge is 0.246 e. The fraction of sp³-hybridized carbons (Fsp3) is 0.300. The van der Waals surface area contributed by atoms with Crippen molar-refractivity contribution < 1.29 is 19.1 Å². The highest BCUT2D eigenvalue weighted by Gasteiger charge is 2.18. The first kappa shape index (κ1) is 19.6. The van der Waals surface area contributed by atoms with Crippen LogP contribution in [0.25, 0.3) is 11.1 Å². The number of primary amides is 1. The molecule has 2 amide bonds. The maximum absolute atomic E-state index is 11.9. The van der Waals surface area contributed by atoms with Gasteiger partial charge in [0.15, 0.2) is 0 Å². The van der Waals surface area contributed by atoms with Gasteiger partial charge in [0.05, 0.1) is 13.2 Å². The van der Waals surface area contributed by atoms with E-state index >= 15 is 0 Å². The molecule has 0 heterocycles. The summed E-state index contributed by atoms with van der Waals surface area (Å²) >= 11 is 0. The van der Waals surface area contributed by atoms with E-state index in [0.29, 0.717) is 19.6 Å². The van der Waals surface area contributed by atoms with Gasteiger partial charge in [0, 0.05) is 13.5 Å². The van der Waals surface area contributed by atoms with Crippen molar-refractivity contribution >= 4 is 11.8 Å². The van der Waals surface area contributed by atoms with Gasteiger partial charge in [0.1, 0.15) is 12.6 Å². The van der Waals surface area contributed by atoms with Crippen molar-refractivity contribution in [3.8, 4) is 11.1 Å². The third-order valence-corrected chi connectivity index (χ3v) is 3.84. The Labute approximate surface area is 153 Å². The lowest BCUT2D eigenvalue weighted by Gasteiger charge is -2.16. The molecule has 6 nitrogen and oxygen atoms in total. The SMILES string of the molecule is COCCOCC(=O)N[C@H](Cc1ccc(-c2ccccc2)cc1)C(N)=O. The van der Waals surface area contributed by atoms with Crippen LogP contribution in [0.2, 0.25) is 0 Å². The lowest BCUT2D eigenvalue weighted by Crippen LogP contribution is -2.47. The number of nitrogens with two attached hydrogens (primary N) is 1. The van der Waals surface area contributed by atoms with E-state index in [2.05, 4.69) is 5.32 Å². The topological polar surface area (TPSA) is 90.7 Å². The largest absolute Gasteiger partial charge is 0.382 e. The molecule has 2 rings (SSSR count). The maximum atomic E-state index is 11.9. The number of hydrogen-bond donors (Lipinski definition) is 2. The molecule has 0 aliphatic carbocycles. The summed E-state index contributed by atoms with van der Waals surface area (Å²) in [5.74, 6) is -0.965. The summed E-state index contributed by atoms with van der Waals surface area (Å²) in [4.78, 5) is 23.5. The molecule has 2 aromatic rings. The minimum Gasteiger partial charge on any atom is -0.382 e. The normalized spacial score (nSPS) is 11.7. The number of benzene rings is 2. The van der Waals surface area contributed by atoms with Crippen molar-refractivity contribution in [3.05, 3.63) is 60.2 Å². The van der Waals surface area contributed by atoms with E-state index in [1.807, 2.05) is 54.6 Å². The van der Waals surface area contributed by atoms with Crippen LogP contribution in [0, 0.1) is 0 Å². The molecule has 0 radical (unpaired) electrons. The van der Waals surface area contributed by atoms with E-state index in [9.17, 15) is 9.59 Å². The molecule has 138 valence electrons. The van der Waals surface area contributed by atoms with Gasteiger partial charge < -0.3 is 20.5 Å². The minimum atomic E-state index is -0.781. The summed E-state index contributed by atoms with van der Waals surface area (Å²) in [6.07, 6.45) is 0.328. The summed E-state index contributed by atoms with van der Waals surface area (Å²) in [6.45, 7) is 0.576. The van der Waals surface area contributed by atoms with Gasteiger partial charge in [0.25, 0.3) is 0 Å². The van der Waals surface area contributed by atoms with Gasteiger partial charge in [-0.2, -0.15) is 0 Å². The molecule has 6 heteroatoms. The quantitative estimate of drug-likeness (QED) is 0.632. The van der Waals surface area contributed by atoms with E-state index in [1.54, 1.807) is 7.11 Å². The molecular formula is C20H24N2O4. The lowest BCUT2D eigenvalue weighted by atomic mass is 10.0. The van der Waals surface area contributed by atoms with Crippen molar-refractivity contribution in [2.45, 2.75) is 12.5 Å². The fourth-order valence-electron chi connectivity index (χ4n) is 2.47. The summed E-state index contributed by atoms with van der Waals surface area (Å²) in [7, 11) is 1.55. The van der Waals surface area contributed by atoms with Crippen LogP contribution < -0.4 is 11.1 Å². The Kier molecular flexibility index (Phi) is 7.79. The van der Waals surface area contributed by atoms with Crippen LogP contribution in [0.5, 0.6) is 0 Å². The van der Waals surface area contributed by atoms with Crippen molar-refractivity contribution in [1.82, 2.24) is 5.32 Å². The zero-order valence-corrected chi connectivity index (χ0v) is 14.8. The Morgan fingerprint density at radius 1 is 1.00 bits per heavy atom. The highest BCUT2D eigenvalue weighted by atomic mass is 16.5. The van der Waals surface area contributed by atoms with Gasteiger partial charge >= 0.3 is 0 Å². The average Bonchev–Trinajstić information content (AvgIpc) is 2.66. The monoisotopic (exact) mass is 356 g/mol. The predicted octanol–water partition coefficient (Wildman–Crippen LogP) is 1.53. The van der Waals surface area contributed by atoms with E-state index in [4.69, 9.17) is 15.2 Å². The Balaban J connectivity index is 1.92. The number of rotatable bonds is 10. The van der Waals surface area contributed by atoms with Gasteiger partial charge in [-0.15, -0.1) is 0 Å². The molecule has 0 aliphatic rings. The third-order valence-electron chi connectivity index (χ3n) is 3.84. The highest BCUT2D eigenvalue weighted by molar-refractivity contribution is 5.87. The van der Waals surface area contributed by atoms with Gasteiger partial charge in [-0.25, -0.2) is 0 Å². The molecule has 0 bridgehead atoms. The van der Waals surface area contributed by atoms with Crippen LogP contribution in [0.1, 0.15) is 5.56 Å². The van der Waals surface area contributed by atoms with Crippen LogP contribution in [-0.4, -0.2) is 44.8 Å². The third kappa shape index (κ3) is 6.31. The molecule has 2 aromatic carbocycles. The molecule has 0 aliphatic heterocycles. The molecule has 3 N–H and O–H groups in total. The van der Waals surface area contributed by atoms with E-state index in [-0.39, 0.29) is 12.5 Å². The molecule has 0 fully saturated rings. The van der Waals surface area contributed by atoms with E-state index in [0.717, 1.165) is 16.7 Å². The standard InChI is InChI=1S/C20H24N2O4/c1-25-11-12-26-14-19(23)22-18(20(21)24)13-15-7-9-17(10-8-15)16-5-3-2-4-6-16/h2-10,18H,11-14H2,1H3,(H2,21,24)(H,22,23)/t18-/m1/s1. The molecule has 0 spiro atoms. The maximum Gasteiger partial charge on any atom is 0.246 e. The zero-order chi connectivity index (χ0) is 18.8. The minimum absolute atomic E-state index is 0.139. The number of methoxy groups -OCH3 is 1. The molecule has 26 heavy (non-hydrogen) atoms. The molecule has 0 saturated carbocycles. The van der Waals surface area contributed by atoms with Gasteiger partial charge in [0.2, 0.25) is 11.8 Å². The fourth-order valence-corrected chi connectivity index (χ4v) is 2.47. The Morgan fingerprint density at radius 2 is 1.65 bits per heavy atom. The van der Waals surface area contributed by atoms with E-state index in [1.165, 1.54) is 0 Å². The van der Waals surface area contributed by atoms with Crippen LogP contribution in [0.4, 0.5) is 0 Å². The van der Waals surface area contributed by atoms with Crippen LogP contribution in [-0.2, 0) is 25.5 Å². The van der Waals surface area contributed by atoms with Crippen LogP contribution >= 0.6 is 0 Å². The second-order valence-corrected chi connectivity index (χ2v) is 5.83.